The molecular weight excluding hydrogens is 556 g/mol. The van der Waals surface area contributed by atoms with E-state index in [2.05, 4.69) is 56.3 Å². The van der Waals surface area contributed by atoms with E-state index in [4.69, 9.17) is 4.74 Å². The van der Waals surface area contributed by atoms with Crippen LogP contribution in [0.15, 0.2) is 64.1 Å². The fraction of sp³-hybridized carbons (Fsp3) is 0.286. The third-order valence-corrected chi connectivity index (χ3v) is 9.21. The number of amides is 1. The second kappa shape index (κ2) is 10.8. The maximum absolute atomic E-state index is 13.3. The number of carbonyl (C=O) groups excluding carboxylic acids is 2. The number of carbonyl (C=O) groups is 2. The van der Waals surface area contributed by atoms with Crippen LogP contribution in [-0.2, 0) is 28.9 Å². The van der Waals surface area contributed by atoms with Crippen LogP contribution in [0, 0.1) is 0 Å². The monoisotopic (exact) mass is 582 g/mol. The van der Waals surface area contributed by atoms with Crippen molar-refractivity contribution in [2.45, 2.75) is 49.8 Å². The van der Waals surface area contributed by atoms with Crippen molar-refractivity contribution < 1.29 is 14.3 Å². The highest BCUT2D eigenvalue weighted by Crippen LogP contribution is 2.40. The molecule has 1 atom stereocenters. The summed E-state index contributed by atoms with van der Waals surface area (Å²) in [5.74, 6) is -0.460. The number of benzene rings is 2. The van der Waals surface area contributed by atoms with Gasteiger partial charge in [-0.2, -0.15) is 0 Å². The van der Waals surface area contributed by atoms with Crippen LogP contribution in [0.4, 0.5) is 5.00 Å². The number of anilines is 1. The summed E-state index contributed by atoms with van der Waals surface area (Å²) in [6.45, 7) is 4.77. The van der Waals surface area contributed by atoms with Crippen LogP contribution in [-0.4, -0.2) is 28.3 Å². The molecule has 0 saturated heterocycles. The first-order valence-corrected chi connectivity index (χ1v) is 14.5. The Hall–Kier alpha value is -2.55. The van der Waals surface area contributed by atoms with Crippen LogP contribution in [0.25, 0.3) is 10.9 Å². The molecule has 2 aromatic carbocycles. The molecule has 1 amide bonds. The molecular formula is C28H27BrN2O3S2. The van der Waals surface area contributed by atoms with Gasteiger partial charge in [0, 0.05) is 37.9 Å². The Morgan fingerprint density at radius 1 is 1.17 bits per heavy atom. The Balaban J connectivity index is 1.36. The zero-order valence-corrected chi connectivity index (χ0v) is 23.4. The van der Waals surface area contributed by atoms with Gasteiger partial charge in [0.05, 0.1) is 17.4 Å². The van der Waals surface area contributed by atoms with Crippen molar-refractivity contribution in [2.75, 3.05) is 11.9 Å². The van der Waals surface area contributed by atoms with Gasteiger partial charge in [0.25, 0.3) is 0 Å². The number of rotatable bonds is 8. The van der Waals surface area contributed by atoms with Gasteiger partial charge in [0.2, 0.25) is 5.91 Å². The highest BCUT2D eigenvalue weighted by molar-refractivity contribution is 9.10. The number of thiophene rings is 1. The van der Waals surface area contributed by atoms with E-state index in [9.17, 15) is 9.59 Å². The molecule has 4 aromatic rings. The van der Waals surface area contributed by atoms with Crippen LogP contribution in [0.3, 0.4) is 0 Å². The smallest absolute Gasteiger partial charge is 0.341 e. The predicted octanol–water partition coefficient (Wildman–Crippen LogP) is 7.30. The molecule has 5 nitrogen and oxygen atoms in total. The summed E-state index contributed by atoms with van der Waals surface area (Å²) in [6.07, 6.45) is 4.98. The highest BCUT2D eigenvalue weighted by atomic mass is 79.9. The Labute approximate surface area is 227 Å². The number of para-hydroxylation sites is 1. The SMILES string of the molecule is CCOC(=O)c1c(NC(=O)[C@H](C)Sc2cn(Cc3ccc(Br)cc3)c3ccccc23)sc2c1CCC2. The fourth-order valence-corrected chi connectivity index (χ4v) is 7.17. The number of thioether (sulfide) groups is 1. The molecule has 1 aliphatic rings. The lowest BCUT2D eigenvalue weighted by Crippen LogP contribution is -2.23. The van der Waals surface area contributed by atoms with Crippen molar-refractivity contribution in [2.24, 2.45) is 0 Å². The lowest BCUT2D eigenvalue weighted by atomic mass is 10.1. The van der Waals surface area contributed by atoms with E-state index in [1.165, 1.54) is 33.5 Å². The normalized spacial score (nSPS) is 13.5. The molecule has 5 rings (SSSR count). The summed E-state index contributed by atoms with van der Waals surface area (Å²) in [4.78, 5) is 28.2. The number of halogens is 1. The second-order valence-electron chi connectivity index (χ2n) is 8.80. The van der Waals surface area contributed by atoms with Gasteiger partial charge in [0.15, 0.2) is 0 Å². The van der Waals surface area contributed by atoms with Gasteiger partial charge >= 0.3 is 5.97 Å². The molecule has 2 aromatic heterocycles. The summed E-state index contributed by atoms with van der Waals surface area (Å²) in [7, 11) is 0. The molecule has 186 valence electrons. The molecule has 0 bridgehead atoms. The van der Waals surface area contributed by atoms with Crippen molar-refractivity contribution in [1.82, 2.24) is 4.57 Å². The number of hydrogen-bond donors (Lipinski definition) is 1. The van der Waals surface area contributed by atoms with Crippen molar-refractivity contribution in [1.29, 1.82) is 0 Å². The summed E-state index contributed by atoms with van der Waals surface area (Å²) in [6, 6.07) is 16.6. The number of ether oxygens (including phenoxy) is 1. The van der Waals surface area contributed by atoms with Crippen LogP contribution in [0.5, 0.6) is 0 Å². The topological polar surface area (TPSA) is 60.3 Å². The second-order valence-corrected chi connectivity index (χ2v) is 12.2. The maximum atomic E-state index is 13.3. The van der Waals surface area contributed by atoms with E-state index in [0.29, 0.717) is 17.2 Å². The Kier molecular flexibility index (Phi) is 7.55. The summed E-state index contributed by atoms with van der Waals surface area (Å²) >= 11 is 6.55. The fourth-order valence-electron chi connectivity index (χ4n) is 4.59. The van der Waals surface area contributed by atoms with E-state index in [0.717, 1.165) is 51.6 Å². The van der Waals surface area contributed by atoms with Gasteiger partial charge < -0.3 is 14.6 Å². The Bertz CT molecular complexity index is 1420. The molecule has 36 heavy (non-hydrogen) atoms. The van der Waals surface area contributed by atoms with Crippen molar-refractivity contribution in [3.63, 3.8) is 0 Å². The Morgan fingerprint density at radius 3 is 2.72 bits per heavy atom. The molecule has 0 unspecified atom stereocenters. The van der Waals surface area contributed by atoms with E-state index in [-0.39, 0.29) is 17.1 Å². The summed E-state index contributed by atoms with van der Waals surface area (Å²) in [5, 5.41) is 4.45. The lowest BCUT2D eigenvalue weighted by molar-refractivity contribution is -0.115. The van der Waals surface area contributed by atoms with Gasteiger partial charge in [-0.3, -0.25) is 4.79 Å². The van der Waals surface area contributed by atoms with Crippen molar-refractivity contribution >= 4 is 66.8 Å². The average molecular weight is 584 g/mol. The van der Waals surface area contributed by atoms with Crippen LogP contribution < -0.4 is 5.32 Å². The first-order valence-electron chi connectivity index (χ1n) is 12.1. The largest absolute Gasteiger partial charge is 0.462 e. The standard InChI is InChI=1S/C28H27BrN2O3S2/c1-3-34-28(33)25-21-8-6-10-23(21)36-27(25)30-26(32)17(2)35-24-16-31(22-9-5-4-7-20(22)24)15-18-11-13-19(29)14-12-18/h4-5,7,9,11-14,16-17H,3,6,8,10,15H2,1-2H3,(H,30,32)/t17-/m0/s1. The molecule has 0 radical (unpaired) electrons. The minimum atomic E-state index is -0.344. The number of aromatic nitrogens is 1. The third-order valence-electron chi connectivity index (χ3n) is 6.33. The minimum Gasteiger partial charge on any atom is -0.462 e. The minimum absolute atomic E-state index is 0.116. The van der Waals surface area contributed by atoms with Crippen molar-refractivity contribution in [3.8, 4) is 0 Å². The molecule has 2 heterocycles. The Morgan fingerprint density at radius 2 is 1.94 bits per heavy atom. The van der Waals surface area contributed by atoms with E-state index < -0.39 is 0 Å². The summed E-state index contributed by atoms with van der Waals surface area (Å²) in [5.41, 5.74) is 3.93. The first-order chi connectivity index (χ1) is 17.4. The number of esters is 1. The molecule has 1 N–H and O–H groups in total. The van der Waals surface area contributed by atoms with Gasteiger partial charge in [-0.1, -0.05) is 46.3 Å². The highest BCUT2D eigenvalue weighted by Gasteiger charge is 2.29. The van der Waals surface area contributed by atoms with Gasteiger partial charge in [0.1, 0.15) is 5.00 Å². The van der Waals surface area contributed by atoms with Gasteiger partial charge in [-0.05, 0) is 62.4 Å². The molecule has 0 spiro atoms. The molecule has 0 saturated carbocycles. The third kappa shape index (κ3) is 5.12. The van der Waals surface area contributed by atoms with Gasteiger partial charge in [-0.15, -0.1) is 23.1 Å². The van der Waals surface area contributed by atoms with Crippen LogP contribution in [0.1, 0.15) is 46.6 Å². The zero-order chi connectivity index (χ0) is 25.2. The lowest BCUT2D eigenvalue weighted by Gasteiger charge is -2.12. The number of fused-ring (bicyclic) bond motifs is 2. The average Bonchev–Trinajstić information content (AvgIpc) is 3.54. The quantitative estimate of drug-likeness (QED) is 0.175. The number of hydrogen-bond acceptors (Lipinski definition) is 5. The zero-order valence-electron chi connectivity index (χ0n) is 20.2. The maximum Gasteiger partial charge on any atom is 0.341 e. The number of nitrogens with one attached hydrogen (secondary N) is 1. The first kappa shape index (κ1) is 25.1. The number of aryl methyl sites for hydroxylation is 1. The van der Waals surface area contributed by atoms with E-state index in [1.54, 1.807) is 6.92 Å². The molecule has 8 heteroatoms. The molecule has 1 aliphatic carbocycles. The van der Waals surface area contributed by atoms with Crippen molar-refractivity contribution in [3.05, 3.63) is 80.8 Å². The van der Waals surface area contributed by atoms with Crippen LogP contribution >= 0.6 is 39.0 Å². The molecule has 0 fully saturated rings. The van der Waals surface area contributed by atoms with E-state index in [1.807, 2.05) is 31.2 Å². The summed E-state index contributed by atoms with van der Waals surface area (Å²) < 4.78 is 8.59. The number of nitrogens with zero attached hydrogens (tertiary/aromatic N) is 1. The van der Waals surface area contributed by atoms with Crippen LogP contribution in [0.2, 0.25) is 0 Å². The predicted molar refractivity (Wildman–Crippen MR) is 151 cm³/mol. The molecule has 0 aliphatic heterocycles. The van der Waals surface area contributed by atoms with Gasteiger partial charge in [-0.25, -0.2) is 4.79 Å². The van der Waals surface area contributed by atoms with E-state index >= 15 is 0 Å².